The van der Waals surface area contributed by atoms with Gasteiger partial charge in [0.15, 0.2) is 18.0 Å². The van der Waals surface area contributed by atoms with E-state index in [4.69, 9.17) is 14.2 Å². The average Bonchev–Trinajstić information content (AvgIpc) is 3.63. The summed E-state index contributed by atoms with van der Waals surface area (Å²) in [5.41, 5.74) is -1.78. The van der Waals surface area contributed by atoms with Crippen molar-refractivity contribution < 1.29 is 38.5 Å². The highest BCUT2D eigenvalue weighted by Gasteiger charge is 2.70. The number of fused-ring (bicyclic) bond motifs is 5. The number of Topliss-reactive ketones (excluding diaryl/α,β-unsaturated/α-hetero) is 1. The quantitative estimate of drug-likeness (QED) is 0.549. The van der Waals surface area contributed by atoms with E-state index in [9.17, 15) is 24.3 Å². The van der Waals surface area contributed by atoms with E-state index < -0.39 is 47.0 Å². The lowest BCUT2D eigenvalue weighted by atomic mass is 9.46. The second kappa shape index (κ2) is 8.82. The molecule has 0 aromatic rings. The maximum Gasteiger partial charge on any atom is 0.509 e. The van der Waals surface area contributed by atoms with E-state index in [0.717, 1.165) is 31.3 Å². The number of rotatable bonds is 6. The molecule has 0 radical (unpaired) electrons. The number of allylic oxidation sites excluding steroid dienone is 4. The Kier molecular flexibility index (Phi) is 6.17. The Morgan fingerprint density at radius 1 is 1.11 bits per heavy atom. The van der Waals surface area contributed by atoms with Gasteiger partial charge in [0.25, 0.3) is 0 Å². The lowest BCUT2D eigenvalue weighted by Gasteiger charge is -2.59. The number of hydrogen-bond donors (Lipinski definition) is 1. The fraction of sp³-hybridized carbons (Fsp3) is 0.714. The first kappa shape index (κ1) is 25.2. The third-order valence-electron chi connectivity index (χ3n) is 9.84. The molecule has 0 aliphatic heterocycles. The van der Waals surface area contributed by atoms with Gasteiger partial charge >= 0.3 is 12.1 Å². The number of ketones is 2. The minimum atomic E-state index is -1.55. The van der Waals surface area contributed by atoms with Gasteiger partial charge in [-0.1, -0.05) is 25.5 Å². The zero-order chi connectivity index (χ0) is 25.9. The van der Waals surface area contributed by atoms with Crippen LogP contribution in [0, 0.1) is 34.5 Å². The number of carbonyl (C=O) groups excluding carboxylic acids is 4. The van der Waals surface area contributed by atoms with Gasteiger partial charge in [-0.15, -0.1) is 0 Å². The van der Waals surface area contributed by atoms with Crippen molar-refractivity contribution in [3.8, 4) is 0 Å². The van der Waals surface area contributed by atoms with Gasteiger partial charge in [0.1, 0.15) is 0 Å². The van der Waals surface area contributed by atoms with Crippen molar-refractivity contribution in [2.24, 2.45) is 34.5 Å². The van der Waals surface area contributed by atoms with Gasteiger partial charge < -0.3 is 19.3 Å². The first-order valence-corrected chi connectivity index (χ1v) is 13.2. The lowest BCUT2D eigenvalue weighted by molar-refractivity contribution is -0.186. The molecule has 8 heteroatoms. The number of aliphatic hydroxyl groups excluding tert-OH is 1. The van der Waals surface area contributed by atoms with Crippen LogP contribution >= 0.6 is 0 Å². The minimum Gasteiger partial charge on any atom is -0.457 e. The molecule has 8 nitrogen and oxygen atoms in total. The van der Waals surface area contributed by atoms with Crippen molar-refractivity contribution in [3.05, 3.63) is 23.8 Å². The molecule has 5 aliphatic rings. The van der Waals surface area contributed by atoms with Gasteiger partial charge in [0.2, 0.25) is 5.78 Å². The Morgan fingerprint density at radius 3 is 2.56 bits per heavy atom. The fourth-order valence-electron chi connectivity index (χ4n) is 7.98. The number of carbonyl (C=O) groups is 4. The van der Waals surface area contributed by atoms with Crippen LogP contribution in [0.1, 0.15) is 65.7 Å². The van der Waals surface area contributed by atoms with Crippen LogP contribution in [-0.4, -0.2) is 53.7 Å². The molecule has 5 rings (SSSR count). The molecule has 0 saturated heterocycles. The van der Waals surface area contributed by atoms with Gasteiger partial charge in [-0.05, 0) is 75.9 Å². The standard InChI is InChI=1S/C28H36O8/c1-4-34-25(33)36-28(22(31)15-35-24(32)16-5-6-16)12-10-20-19-8-7-17-13-18(29)9-11-26(17,2)23(19)21(30)14-27(20,28)3/h9,11,13,16,19-21,23,30H,4-8,10,12,14-15H2,1-3H3/t19-,20-,21?,23+,26-,27-,28-/m0/s1. The molecule has 4 saturated carbocycles. The molecule has 5 aliphatic carbocycles. The van der Waals surface area contributed by atoms with Crippen LogP contribution in [0.2, 0.25) is 0 Å². The molecule has 7 atom stereocenters. The topological polar surface area (TPSA) is 116 Å². The van der Waals surface area contributed by atoms with E-state index in [1.54, 1.807) is 19.1 Å². The fourth-order valence-corrected chi connectivity index (χ4v) is 7.98. The maximum absolute atomic E-state index is 13.8. The Balaban J connectivity index is 1.47. The number of esters is 1. The Labute approximate surface area is 211 Å². The predicted octanol–water partition coefficient (Wildman–Crippen LogP) is 3.70. The second-order valence-electron chi connectivity index (χ2n) is 11.7. The number of ether oxygens (including phenoxy) is 3. The highest BCUT2D eigenvalue weighted by Crippen LogP contribution is 2.68. The van der Waals surface area contributed by atoms with Gasteiger partial charge in [0.05, 0.1) is 18.6 Å². The molecule has 1 N–H and O–H groups in total. The van der Waals surface area contributed by atoms with Gasteiger partial charge in [-0.25, -0.2) is 4.79 Å². The molecular weight excluding hydrogens is 464 g/mol. The van der Waals surface area contributed by atoms with Crippen LogP contribution in [0.5, 0.6) is 0 Å². The largest absolute Gasteiger partial charge is 0.509 e. The van der Waals surface area contributed by atoms with E-state index >= 15 is 0 Å². The summed E-state index contributed by atoms with van der Waals surface area (Å²) in [6.07, 6.45) is 7.78. The van der Waals surface area contributed by atoms with Crippen LogP contribution in [-0.2, 0) is 28.6 Å². The monoisotopic (exact) mass is 500 g/mol. The average molecular weight is 501 g/mol. The zero-order valence-electron chi connectivity index (χ0n) is 21.3. The van der Waals surface area contributed by atoms with E-state index in [-0.39, 0.29) is 48.9 Å². The Bertz CT molecular complexity index is 1040. The summed E-state index contributed by atoms with van der Waals surface area (Å²) in [6.45, 7) is 5.32. The first-order chi connectivity index (χ1) is 17.1. The highest BCUT2D eigenvalue weighted by molar-refractivity contribution is 6.01. The Hall–Kier alpha value is -2.48. The summed E-state index contributed by atoms with van der Waals surface area (Å²) < 4.78 is 16.3. The third-order valence-corrected chi connectivity index (χ3v) is 9.84. The van der Waals surface area contributed by atoms with Crippen LogP contribution in [0.3, 0.4) is 0 Å². The molecule has 196 valence electrons. The SMILES string of the molecule is CCOC(=O)O[C@]1(C(=O)COC(=O)C2CC2)CC[C@H]2[C@@H]3CCC4=CC(=O)C=C[C@]4(C)[C@H]3C(O)C[C@@]21C. The van der Waals surface area contributed by atoms with Crippen molar-refractivity contribution in [2.45, 2.75) is 77.4 Å². The number of hydrogen-bond acceptors (Lipinski definition) is 8. The summed E-state index contributed by atoms with van der Waals surface area (Å²) in [7, 11) is 0. The lowest BCUT2D eigenvalue weighted by Crippen LogP contribution is -2.63. The molecule has 0 amide bonds. The van der Waals surface area contributed by atoms with Crippen LogP contribution in [0.4, 0.5) is 4.79 Å². The van der Waals surface area contributed by atoms with E-state index in [0.29, 0.717) is 6.42 Å². The Morgan fingerprint density at radius 2 is 1.86 bits per heavy atom. The van der Waals surface area contributed by atoms with Gasteiger partial charge in [0, 0.05) is 16.7 Å². The highest BCUT2D eigenvalue weighted by atomic mass is 16.7. The van der Waals surface area contributed by atoms with Crippen molar-refractivity contribution in [1.29, 1.82) is 0 Å². The van der Waals surface area contributed by atoms with Crippen molar-refractivity contribution in [2.75, 3.05) is 13.2 Å². The van der Waals surface area contributed by atoms with E-state index in [2.05, 4.69) is 6.92 Å². The normalized spacial score (nSPS) is 40.9. The molecule has 4 fully saturated rings. The molecule has 0 aromatic heterocycles. The molecule has 0 heterocycles. The molecular formula is C28H36O8. The second-order valence-corrected chi connectivity index (χ2v) is 11.7. The molecule has 36 heavy (non-hydrogen) atoms. The van der Waals surface area contributed by atoms with Gasteiger partial charge in [-0.2, -0.15) is 0 Å². The third kappa shape index (κ3) is 3.75. The summed E-state index contributed by atoms with van der Waals surface area (Å²) in [6, 6.07) is 0. The molecule has 0 bridgehead atoms. The first-order valence-electron chi connectivity index (χ1n) is 13.2. The van der Waals surface area contributed by atoms with E-state index in [1.807, 2.05) is 13.0 Å². The minimum absolute atomic E-state index is 0.00723. The number of aliphatic hydroxyl groups is 1. The summed E-state index contributed by atoms with van der Waals surface area (Å²) >= 11 is 0. The predicted molar refractivity (Wildman–Crippen MR) is 128 cm³/mol. The summed E-state index contributed by atoms with van der Waals surface area (Å²) in [4.78, 5) is 50.6. The van der Waals surface area contributed by atoms with Crippen LogP contribution in [0.15, 0.2) is 23.8 Å². The molecule has 0 spiro atoms. The maximum atomic E-state index is 13.8. The van der Waals surface area contributed by atoms with Crippen molar-refractivity contribution >= 4 is 23.7 Å². The van der Waals surface area contributed by atoms with E-state index in [1.165, 1.54) is 0 Å². The van der Waals surface area contributed by atoms with Crippen molar-refractivity contribution in [3.63, 3.8) is 0 Å². The van der Waals surface area contributed by atoms with Gasteiger partial charge in [-0.3, -0.25) is 14.4 Å². The van der Waals surface area contributed by atoms with Crippen molar-refractivity contribution in [1.82, 2.24) is 0 Å². The summed E-state index contributed by atoms with van der Waals surface area (Å²) in [5.74, 6) is -1.04. The summed E-state index contributed by atoms with van der Waals surface area (Å²) in [5, 5.41) is 11.6. The molecule has 0 aromatic carbocycles. The smallest absolute Gasteiger partial charge is 0.457 e. The zero-order valence-corrected chi connectivity index (χ0v) is 21.3. The van der Waals surface area contributed by atoms with Crippen LogP contribution < -0.4 is 0 Å². The molecule has 1 unspecified atom stereocenters. The van der Waals surface area contributed by atoms with Crippen LogP contribution in [0.25, 0.3) is 0 Å².